The molecule has 1 aromatic heterocycles. The number of aryl methyl sites for hydroxylation is 1. The van der Waals surface area contributed by atoms with Crippen LogP contribution in [0, 0.1) is 17.7 Å². The average molecular weight is 426 g/mol. The summed E-state index contributed by atoms with van der Waals surface area (Å²) in [5.74, 6) is -2.53. The molecule has 5 nitrogen and oxygen atoms in total. The number of H-pyrrole nitrogens is 1. The summed E-state index contributed by atoms with van der Waals surface area (Å²) in [6.45, 7) is 3.85. The van der Waals surface area contributed by atoms with Gasteiger partial charge in [0, 0.05) is 16.6 Å². The molecule has 1 heterocycles. The quantitative estimate of drug-likeness (QED) is 0.582. The third kappa shape index (κ3) is 3.37. The second-order valence-electron chi connectivity index (χ2n) is 6.35. The molecule has 1 aliphatic carbocycles. The van der Waals surface area contributed by atoms with Crippen molar-refractivity contribution in [3.8, 4) is 0 Å². The van der Waals surface area contributed by atoms with E-state index in [1.165, 1.54) is 6.07 Å². The number of benzene rings is 1. The lowest BCUT2D eigenvalue weighted by Gasteiger charge is -2.27. The molecule has 1 N–H and O–H groups in total. The lowest BCUT2D eigenvalue weighted by molar-refractivity contribution is -0.164. The molecule has 0 aliphatic heterocycles. The molecular weight excluding hydrogens is 405 g/mol. The van der Waals surface area contributed by atoms with E-state index >= 15 is 0 Å². The molecule has 0 spiro atoms. The predicted octanol–water partition coefficient (Wildman–Crippen LogP) is 3.92. The van der Waals surface area contributed by atoms with Crippen molar-refractivity contribution >= 4 is 38.8 Å². The maximum Gasteiger partial charge on any atom is 0.320 e. The summed E-state index contributed by atoms with van der Waals surface area (Å²) in [5, 5.41) is 0.835. The Balaban J connectivity index is 1.93. The standard InChI is InChI=1S/C19H21BrFNO4/c1-3-25-18(23)15(19(24)26-4-2)10-5-6-11-14(9-10)22-13-8-7-12(21)17(20)16(11)13/h7-8,10,15,22H,3-6,9H2,1-2H3. The summed E-state index contributed by atoms with van der Waals surface area (Å²) in [5.41, 5.74) is 2.81. The minimum absolute atomic E-state index is 0.211. The van der Waals surface area contributed by atoms with Gasteiger partial charge >= 0.3 is 11.9 Å². The highest BCUT2D eigenvalue weighted by Crippen LogP contribution is 2.39. The van der Waals surface area contributed by atoms with Gasteiger partial charge in [-0.05, 0) is 72.7 Å². The molecule has 140 valence electrons. The minimum Gasteiger partial charge on any atom is -0.465 e. The van der Waals surface area contributed by atoms with E-state index in [0.717, 1.165) is 22.2 Å². The van der Waals surface area contributed by atoms with E-state index in [1.54, 1.807) is 19.9 Å². The lowest BCUT2D eigenvalue weighted by atomic mass is 9.79. The van der Waals surface area contributed by atoms with Crippen LogP contribution in [0.5, 0.6) is 0 Å². The number of carbonyl (C=O) groups excluding carboxylic acids is 2. The van der Waals surface area contributed by atoms with Crippen molar-refractivity contribution in [2.75, 3.05) is 13.2 Å². The van der Waals surface area contributed by atoms with Crippen molar-refractivity contribution in [3.05, 3.63) is 33.7 Å². The van der Waals surface area contributed by atoms with Crippen LogP contribution in [0.2, 0.25) is 0 Å². The fourth-order valence-electron chi connectivity index (χ4n) is 3.71. The third-order valence-corrected chi connectivity index (χ3v) is 5.61. The monoisotopic (exact) mass is 425 g/mol. The normalized spacial score (nSPS) is 16.6. The number of rotatable bonds is 5. The fourth-order valence-corrected chi connectivity index (χ4v) is 4.30. The van der Waals surface area contributed by atoms with Gasteiger partial charge in [0.05, 0.1) is 17.7 Å². The van der Waals surface area contributed by atoms with Crippen LogP contribution in [0.15, 0.2) is 16.6 Å². The molecule has 0 fully saturated rings. The Kier molecular flexibility index (Phi) is 5.65. The summed E-state index contributed by atoms with van der Waals surface area (Å²) >= 11 is 3.33. The molecule has 26 heavy (non-hydrogen) atoms. The molecular formula is C19H21BrFNO4. The van der Waals surface area contributed by atoms with Gasteiger partial charge in [-0.2, -0.15) is 0 Å². The number of halogens is 2. The Morgan fingerprint density at radius 2 is 1.92 bits per heavy atom. The van der Waals surface area contributed by atoms with Crippen LogP contribution in [0.1, 0.15) is 31.5 Å². The van der Waals surface area contributed by atoms with Crippen LogP contribution in [0.4, 0.5) is 4.39 Å². The molecule has 0 saturated carbocycles. The van der Waals surface area contributed by atoms with Crippen molar-refractivity contribution in [1.82, 2.24) is 4.98 Å². The van der Waals surface area contributed by atoms with Gasteiger partial charge in [0.15, 0.2) is 5.92 Å². The topological polar surface area (TPSA) is 68.4 Å². The Morgan fingerprint density at radius 1 is 1.27 bits per heavy atom. The van der Waals surface area contributed by atoms with E-state index in [-0.39, 0.29) is 24.9 Å². The number of nitrogens with one attached hydrogen (secondary N) is 1. The Labute approximate surface area is 159 Å². The first-order valence-electron chi connectivity index (χ1n) is 8.78. The van der Waals surface area contributed by atoms with Crippen LogP contribution in [0.25, 0.3) is 10.9 Å². The zero-order valence-electron chi connectivity index (χ0n) is 14.7. The Hall–Kier alpha value is -1.89. The lowest BCUT2D eigenvalue weighted by Crippen LogP contribution is -2.37. The molecule has 0 saturated heterocycles. The number of carbonyl (C=O) groups is 2. The van der Waals surface area contributed by atoms with E-state index in [2.05, 4.69) is 20.9 Å². The van der Waals surface area contributed by atoms with Crippen LogP contribution in [-0.2, 0) is 31.9 Å². The van der Waals surface area contributed by atoms with Gasteiger partial charge in [0.2, 0.25) is 0 Å². The molecule has 1 aliphatic rings. The average Bonchev–Trinajstić information content (AvgIpc) is 2.97. The van der Waals surface area contributed by atoms with Crippen LogP contribution in [-0.4, -0.2) is 30.1 Å². The second-order valence-corrected chi connectivity index (χ2v) is 7.14. The molecule has 1 atom stereocenters. The maximum absolute atomic E-state index is 13.9. The van der Waals surface area contributed by atoms with Gasteiger partial charge in [-0.25, -0.2) is 4.39 Å². The summed E-state index contributed by atoms with van der Waals surface area (Å²) in [6, 6.07) is 3.11. The highest BCUT2D eigenvalue weighted by Gasteiger charge is 2.40. The molecule has 0 amide bonds. The Bertz CT molecular complexity index is 830. The van der Waals surface area contributed by atoms with Gasteiger partial charge < -0.3 is 14.5 Å². The molecule has 3 rings (SSSR count). The molecule has 0 radical (unpaired) electrons. The van der Waals surface area contributed by atoms with Crippen LogP contribution >= 0.6 is 15.9 Å². The number of aromatic nitrogens is 1. The van der Waals surface area contributed by atoms with Gasteiger partial charge in [-0.3, -0.25) is 9.59 Å². The van der Waals surface area contributed by atoms with Crippen LogP contribution < -0.4 is 0 Å². The summed E-state index contributed by atoms with van der Waals surface area (Å²) in [4.78, 5) is 28.0. The predicted molar refractivity (Wildman–Crippen MR) is 98.2 cm³/mol. The largest absolute Gasteiger partial charge is 0.465 e. The van der Waals surface area contributed by atoms with Crippen molar-refractivity contribution in [3.63, 3.8) is 0 Å². The SMILES string of the molecule is CCOC(=O)C(C(=O)OCC)C1CCc2c([nH]c3ccc(F)c(Br)c23)C1. The zero-order valence-corrected chi connectivity index (χ0v) is 16.3. The number of ether oxygens (including phenoxy) is 2. The van der Waals surface area contributed by atoms with E-state index in [9.17, 15) is 14.0 Å². The highest BCUT2D eigenvalue weighted by molar-refractivity contribution is 9.10. The van der Waals surface area contributed by atoms with E-state index in [1.807, 2.05) is 0 Å². The van der Waals surface area contributed by atoms with Crippen molar-refractivity contribution in [1.29, 1.82) is 0 Å². The van der Waals surface area contributed by atoms with Crippen molar-refractivity contribution in [2.24, 2.45) is 11.8 Å². The molecule has 2 aromatic rings. The van der Waals surface area contributed by atoms with Gasteiger partial charge in [0.25, 0.3) is 0 Å². The summed E-state index contributed by atoms with van der Waals surface area (Å²) in [7, 11) is 0. The van der Waals surface area contributed by atoms with E-state index in [0.29, 0.717) is 23.7 Å². The molecule has 7 heteroatoms. The van der Waals surface area contributed by atoms with Crippen LogP contribution in [0.3, 0.4) is 0 Å². The first kappa shape index (κ1) is 18.9. The van der Waals surface area contributed by atoms with Crippen molar-refractivity contribution in [2.45, 2.75) is 33.1 Å². The number of hydrogen-bond donors (Lipinski definition) is 1. The molecule has 1 unspecified atom stereocenters. The van der Waals surface area contributed by atoms with Crippen molar-refractivity contribution < 1.29 is 23.5 Å². The van der Waals surface area contributed by atoms with Gasteiger partial charge in [0.1, 0.15) is 5.82 Å². The number of aromatic amines is 1. The third-order valence-electron chi connectivity index (χ3n) is 4.83. The summed E-state index contributed by atoms with van der Waals surface area (Å²) < 4.78 is 24.5. The van der Waals surface area contributed by atoms with E-state index < -0.39 is 17.9 Å². The highest BCUT2D eigenvalue weighted by atomic mass is 79.9. The first-order valence-corrected chi connectivity index (χ1v) is 9.57. The Morgan fingerprint density at radius 3 is 2.54 bits per heavy atom. The molecule has 0 bridgehead atoms. The van der Waals surface area contributed by atoms with Gasteiger partial charge in [-0.1, -0.05) is 0 Å². The number of fused-ring (bicyclic) bond motifs is 3. The fraction of sp³-hybridized carbons (Fsp3) is 0.474. The minimum atomic E-state index is -0.936. The molecule has 1 aromatic carbocycles. The van der Waals surface area contributed by atoms with Gasteiger partial charge in [-0.15, -0.1) is 0 Å². The number of hydrogen-bond acceptors (Lipinski definition) is 4. The second kappa shape index (κ2) is 7.78. The smallest absolute Gasteiger partial charge is 0.320 e. The first-order chi connectivity index (χ1) is 12.5. The maximum atomic E-state index is 13.9. The zero-order chi connectivity index (χ0) is 18.8. The summed E-state index contributed by atoms with van der Waals surface area (Å²) in [6.07, 6.45) is 1.79. The van der Waals surface area contributed by atoms with E-state index in [4.69, 9.17) is 9.47 Å². The number of esters is 2.